The summed E-state index contributed by atoms with van der Waals surface area (Å²) in [5, 5.41) is 0. The van der Waals surface area contributed by atoms with Gasteiger partial charge in [0.15, 0.2) is 8.64 Å². The zero-order valence-corrected chi connectivity index (χ0v) is 14.7. The van der Waals surface area contributed by atoms with Gasteiger partial charge in [0.25, 0.3) is 0 Å². The van der Waals surface area contributed by atoms with Crippen molar-refractivity contribution in [3.8, 4) is 0 Å². The van der Waals surface area contributed by atoms with Crippen molar-refractivity contribution in [3.63, 3.8) is 0 Å². The molecule has 0 saturated carbocycles. The normalized spacial score (nSPS) is 9.64. The van der Waals surface area contributed by atoms with Crippen LogP contribution in [0.5, 0.6) is 0 Å². The molecule has 0 aliphatic carbocycles. The zero-order chi connectivity index (χ0) is 15.6. The second kappa shape index (κ2) is 9.52. The van der Waals surface area contributed by atoms with Crippen molar-refractivity contribution in [1.82, 2.24) is 10.9 Å². The van der Waals surface area contributed by atoms with Crippen molar-refractivity contribution >= 4 is 66.0 Å². The Balaban J connectivity index is 1.62. The first-order valence-electron chi connectivity index (χ1n) is 6.30. The van der Waals surface area contributed by atoms with Gasteiger partial charge in [-0.2, -0.15) is 0 Å². The van der Waals surface area contributed by atoms with Gasteiger partial charge < -0.3 is 0 Å². The number of nitrogens with one attached hydrogen (secondary N) is 4. The second-order valence-corrected chi connectivity index (χ2v) is 7.46. The van der Waals surface area contributed by atoms with Gasteiger partial charge in [-0.1, -0.05) is 60.8 Å². The van der Waals surface area contributed by atoms with Crippen LogP contribution in [0, 0.1) is 0 Å². The van der Waals surface area contributed by atoms with Crippen LogP contribution in [-0.2, 0) is 0 Å². The molecule has 0 radical (unpaired) electrons. The van der Waals surface area contributed by atoms with E-state index in [2.05, 4.69) is 21.7 Å². The van der Waals surface area contributed by atoms with E-state index < -0.39 is 0 Å². The van der Waals surface area contributed by atoms with E-state index in [0.717, 1.165) is 11.4 Å². The van der Waals surface area contributed by atoms with Crippen LogP contribution in [0.2, 0.25) is 0 Å². The van der Waals surface area contributed by atoms with Crippen LogP contribution in [0.3, 0.4) is 0 Å². The number of para-hydroxylation sites is 2. The Hall–Kier alpha value is -1.48. The van der Waals surface area contributed by atoms with Crippen molar-refractivity contribution in [2.45, 2.75) is 0 Å². The van der Waals surface area contributed by atoms with Crippen LogP contribution in [0.15, 0.2) is 60.7 Å². The fourth-order valence-corrected chi connectivity index (χ4v) is 3.16. The Labute approximate surface area is 148 Å². The van der Waals surface area contributed by atoms with E-state index in [0.29, 0.717) is 8.64 Å². The molecule has 0 heterocycles. The minimum atomic E-state index is 0.595. The Morgan fingerprint density at radius 2 is 1.00 bits per heavy atom. The lowest BCUT2D eigenvalue weighted by molar-refractivity contribution is 1.16. The average Bonchev–Trinajstić information content (AvgIpc) is 2.58. The molecule has 4 nitrogen and oxygen atoms in total. The Kier molecular flexibility index (Phi) is 7.31. The maximum absolute atomic E-state index is 5.21. The largest absolute Gasteiger partial charge is 0.300 e. The van der Waals surface area contributed by atoms with Crippen molar-refractivity contribution in [2.24, 2.45) is 0 Å². The highest BCUT2D eigenvalue weighted by Crippen LogP contribution is 2.23. The summed E-state index contributed by atoms with van der Waals surface area (Å²) in [6, 6.07) is 19.5. The minimum absolute atomic E-state index is 0.595. The molecule has 4 N–H and O–H groups in total. The van der Waals surface area contributed by atoms with Crippen molar-refractivity contribution < 1.29 is 0 Å². The lowest BCUT2D eigenvalue weighted by Crippen LogP contribution is -2.27. The molecular formula is C14H14N4S4. The summed E-state index contributed by atoms with van der Waals surface area (Å²) < 4.78 is 1.19. The van der Waals surface area contributed by atoms with Gasteiger partial charge >= 0.3 is 0 Å². The molecule has 22 heavy (non-hydrogen) atoms. The third kappa shape index (κ3) is 6.52. The number of benzene rings is 2. The molecule has 0 bridgehead atoms. The highest BCUT2D eigenvalue weighted by Gasteiger charge is 2.02. The van der Waals surface area contributed by atoms with Gasteiger partial charge in [-0.15, -0.1) is 0 Å². The van der Waals surface area contributed by atoms with Crippen molar-refractivity contribution in [1.29, 1.82) is 0 Å². The summed E-state index contributed by atoms with van der Waals surface area (Å²) in [5.74, 6) is 0. The molecule has 0 atom stereocenters. The topological polar surface area (TPSA) is 48.1 Å². The number of rotatable bonds is 4. The summed E-state index contributed by atoms with van der Waals surface area (Å²) in [6.07, 6.45) is 0. The van der Waals surface area contributed by atoms with Gasteiger partial charge in [-0.25, -0.2) is 0 Å². The van der Waals surface area contributed by atoms with Gasteiger partial charge in [0, 0.05) is 0 Å². The molecule has 0 fully saturated rings. The molecule has 0 aliphatic rings. The molecule has 0 unspecified atom stereocenters. The van der Waals surface area contributed by atoms with Crippen LogP contribution in [0.25, 0.3) is 0 Å². The van der Waals surface area contributed by atoms with E-state index in [-0.39, 0.29) is 0 Å². The average molecular weight is 367 g/mol. The van der Waals surface area contributed by atoms with E-state index in [1.54, 1.807) is 0 Å². The van der Waals surface area contributed by atoms with E-state index >= 15 is 0 Å². The van der Waals surface area contributed by atoms with E-state index in [1.165, 1.54) is 21.6 Å². The monoisotopic (exact) mass is 366 g/mol. The van der Waals surface area contributed by atoms with Crippen LogP contribution in [0.1, 0.15) is 0 Å². The van der Waals surface area contributed by atoms with Crippen LogP contribution < -0.4 is 21.7 Å². The Bertz CT molecular complexity index is 551. The standard InChI is InChI=1S/C14H14N4S4/c19-13(17-15-11-7-3-1-4-8-11)21-22-14(20)18-16-12-9-5-2-6-10-12/h1-10,15-16H,(H,17,19)(H,18,20). The molecule has 8 heteroatoms. The molecule has 2 aromatic rings. The minimum Gasteiger partial charge on any atom is -0.300 e. The first kappa shape index (κ1) is 16.9. The van der Waals surface area contributed by atoms with Crippen LogP contribution in [0.4, 0.5) is 11.4 Å². The molecule has 0 spiro atoms. The molecule has 0 aliphatic heterocycles. The third-order valence-electron chi connectivity index (χ3n) is 2.36. The fraction of sp³-hybridized carbons (Fsp3) is 0. The predicted molar refractivity (Wildman–Crippen MR) is 107 cm³/mol. The number of thiocarbonyl (C=S) groups is 2. The second-order valence-electron chi connectivity index (χ2n) is 3.97. The quantitative estimate of drug-likeness (QED) is 0.365. The third-order valence-corrected chi connectivity index (χ3v) is 5.54. The summed E-state index contributed by atoms with van der Waals surface area (Å²) in [5.41, 5.74) is 13.8. The first-order chi connectivity index (χ1) is 10.7. The molecule has 114 valence electrons. The SMILES string of the molecule is S=C(NNc1ccccc1)SSC(=S)NNc1ccccc1. The predicted octanol–water partition coefficient (Wildman–Crippen LogP) is 4.17. The number of hydrazine groups is 2. The number of anilines is 2. The molecule has 0 amide bonds. The van der Waals surface area contributed by atoms with Crippen molar-refractivity contribution in [3.05, 3.63) is 60.7 Å². The van der Waals surface area contributed by atoms with Gasteiger partial charge in [0.1, 0.15) is 0 Å². The van der Waals surface area contributed by atoms with Gasteiger partial charge in [-0.3, -0.25) is 21.7 Å². The van der Waals surface area contributed by atoms with Crippen LogP contribution >= 0.6 is 46.0 Å². The highest BCUT2D eigenvalue weighted by molar-refractivity contribution is 8.89. The first-order valence-corrected chi connectivity index (χ1v) is 9.27. The van der Waals surface area contributed by atoms with Crippen molar-refractivity contribution in [2.75, 3.05) is 10.9 Å². The Morgan fingerprint density at radius 3 is 1.36 bits per heavy atom. The summed E-state index contributed by atoms with van der Waals surface area (Å²) in [7, 11) is 2.74. The maximum atomic E-state index is 5.21. The molecule has 0 aromatic heterocycles. The van der Waals surface area contributed by atoms with Gasteiger partial charge in [-0.05, 0) is 45.9 Å². The molecule has 2 rings (SSSR count). The molecule has 0 saturated heterocycles. The maximum Gasteiger partial charge on any atom is 0.163 e. The molecular weight excluding hydrogens is 352 g/mol. The fourth-order valence-electron chi connectivity index (χ4n) is 1.41. The zero-order valence-electron chi connectivity index (χ0n) is 11.4. The van der Waals surface area contributed by atoms with Gasteiger partial charge in [0.2, 0.25) is 0 Å². The lowest BCUT2D eigenvalue weighted by atomic mass is 10.3. The molecule has 2 aromatic carbocycles. The smallest absolute Gasteiger partial charge is 0.163 e. The van der Waals surface area contributed by atoms with Gasteiger partial charge in [0.05, 0.1) is 11.4 Å². The van der Waals surface area contributed by atoms with E-state index in [4.69, 9.17) is 24.4 Å². The Morgan fingerprint density at radius 1 is 0.636 bits per heavy atom. The lowest BCUT2D eigenvalue weighted by Gasteiger charge is -2.11. The van der Waals surface area contributed by atoms with E-state index in [9.17, 15) is 0 Å². The highest BCUT2D eigenvalue weighted by atomic mass is 33.1. The van der Waals surface area contributed by atoms with Crippen LogP contribution in [-0.4, -0.2) is 8.64 Å². The number of hydrogen-bond acceptors (Lipinski definition) is 6. The summed E-state index contributed by atoms with van der Waals surface area (Å²) >= 11 is 10.4. The summed E-state index contributed by atoms with van der Waals surface area (Å²) in [4.78, 5) is 0. The summed E-state index contributed by atoms with van der Waals surface area (Å²) in [6.45, 7) is 0. The van der Waals surface area contributed by atoms with E-state index in [1.807, 2.05) is 60.7 Å². The number of hydrogen-bond donors (Lipinski definition) is 4.